The fraction of sp³-hybridized carbons (Fsp3) is 0.909. The van der Waals surface area contributed by atoms with Crippen LogP contribution in [0.3, 0.4) is 0 Å². The lowest BCUT2D eigenvalue weighted by Crippen LogP contribution is -2.70. The molecule has 0 fully saturated rings. The molecular formula is C11H7F16NO5S. The molecule has 0 spiro atoms. The van der Waals surface area contributed by atoms with Crippen molar-refractivity contribution in [1.29, 1.82) is 0 Å². The van der Waals surface area contributed by atoms with Crippen molar-refractivity contribution in [3.63, 3.8) is 0 Å². The Balaban J connectivity index is 5.45. The summed E-state index contributed by atoms with van der Waals surface area (Å²) in [5.41, 5.74) is 0. The van der Waals surface area contributed by atoms with E-state index in [1.165, 1.54) is 0 Å². The molecule has 0 heterocycles. The number of alkyl halides is 16. The molecule has 0 saturated carbocycles. The Morgan fingerprint density at radius 2 is 1.09 bits per heavy atom. The van der Waals surface area contributed by atoms with Crippen molar-refractivity contribution < 1.29 is 92.4 Å². The van der Waals surface area contributed by atoms with E-state index in [2.05, 4.69) is 8.92 Å². The first-order valence-corrected chi connectivity index (χ1v) is 8.83. The number of carbonyl (C=O) groups is 1. The number of carbonyl (C=O) groups excluding carboxylic acids is 1. The molecule has 1 amide bonds. The lowest BCUT2D eigenvalue weighted by atomic mass is 9.93. The second-order valence-electron chi connectivity index (χ2n) is 5.82. The third-order valence-corrected chi connectivity index (χ3v) is 4.08. The SMILES string of the molecule is O=C(NS(=O)(=O)OCC(F)(F)F)OCCC(F)(F)C(F)(F)C(F)(F)C(F)(F)C(F)(F)C(F)(F)F. The van der Waals surface area contributed by atoms with Gasteiger partial charge in [-0.3, -0.25) is 0 Å². The maximum atomic E-state index is 13.4. The molecule has 1 N–H and O–H groups in total. The second-order valence-corrected chi connectivity index (χ2v) is 7.17. The van der Waals surface area contributed by atoms with Gasteiger partial charge in [-0.05, 0) is 0 Å². The molecule has 23 heteroatoms. The fourth-order valence-electron chi connectivity index (χ4n) is 1.54. The van der Waals surface area contributed by atoms with Gasteiger partial charge in [-0.2, -0.15) is 83.4 Å². The summed E-state index contributed by atoms with van der Waals surface area (Å²) in [7, 11) is -5.67. The molecule has 0 aromatic carbocycles. The Morgan fingerprint density at radius 1 is 0.676 bits per heavy atom. The van der Waals surface area contributed by atoms with Gasteiger partial charge in [-0.15, -0.1) is 0 Å². The summed E-state index contributed by atoms with van der Waals surface area (Å²) in [5, 5.41) is 0. The summed E-state index contributed by atoms with van der Waals surface area (Å²) < 4.78 is 231. The van der Waals surface area contributed by atoms with E-state index in [0.717, 1.165) is 0 Å². The van der Waals surface area contributed by atoms with Crippen LogP contribution in [-0.2, 0) is 19.2 Å². The molecule has 0 aliphatic heterocycles. The Hall–Kier alpha value is -1.94. The summed E-state index contributed by atoms with van der Waals surface area (Å²) in [5.74, 6) is -38.5. The van der Waals surface area contributed by atoms with Crippen molar-refractivity contribution in [2.45, 2.75) is 48.4 Å². The van der Waals surface area contributed by atoms with Crippen molar-refractivity contribution in [1.82, 2.24) is 4.72 Å². The van der Waals surface area contributed by atoms with Gasteiger partial charge in [-0.25, -0.2) is 8.98 Å². The molecule has 0 bridgehead atoms. The van der Waals surface area contributed by atoms with Crippen LogP contribution >= 0.6 is 0 Å². The molecule has 0 atom stereocenters. The van der Waals surface area contributed by atoms with E-state index in [4.69, 9.17) is 0 Å². The highest BCUT2D eigenvalue weighted by Gasteiger charge is 2.90. The first kappa shape index (κ1) is 32.1. The van der Waals surface area contributed by atoms with Crippen molar-refractivity contribution in [3.8, 4) is 0 Å². The predicted molar refractivity (Wildman–Crippen MR) is 70.8 cm³/mol. The Labute approximate surface area is 176 Å². The van der Waals surface area contributed by atoms with E-state index >= 15 is 0 Å². The van der Waals surface area contributed by atoms with Crippen LogP contribution in [0.4, 0.5) is 75.0 Å². The standard InChI is InChI=1S/C11H7F16NO5S/c12-5(13,1-2-32-4(29)28-34(30,31)33-3-6(14,15)16)7(17,18)8(19,20)9(21,22)10(23,24)11(25,26)27/h1-3H2,(H,28,29). The number of nitrogens with one attached hydrogen (secondary N) is 1. The largest absolute Gasteiger partial charge is 0.460 e. The van der Waals surface area contributed by atoms with Crippen LogP contribution in [0, 0.1) is 0 Å². The van der Waals surface area contributed by atoms with Crippen molar-refractivity contribution >= 4 is 16.4 Å². The highest BCUT2D eigenvalue weighted by molar-refractivity contribution is 7.85. The number of hydrogen-bond donors (Lipinski definition) is 1. The summed E-state index contributed by atoms with van der Waals surface area (Å²) in [6, 6.07) is 0. The van der Waals surface area contributed by atoms with Crippen LogP contribution in [0.25, 0.3) is 0 Å². The Bertz CT molecular complexity index is 833. The maximum Gasteiger partial charge on any atom is 0.460 e. The van der Waals surface area contributed by atoms with Gasteiger partial charge in [0.15, 0.2) is 6.61 Å². The molecule has 0 aliphatic carbocycles. The molecule has 204 valence electrons. The van der Waals surface area contributed by atoms with E-state index in [1.807, 2.05) is 0 Å². The quantitative estimate of drug-likeness (QED) is 0.387. The number of halogens is 16. The van der Waals surface area contributed by atoms with Crippen LogP contribution in [0.2, 0.25) is 0 Å². The molecule has 0 unspecified atom stereocenters. The number of rotatable bonds is 10. The average molecular weight is 569 g/mol. The zero-order chi connectivity index (χ0) is 27.8. The van der Waals surface area contributed by atoms with Crippen LogP contribution < -0.4 is 4.72 Å². The minimum atomic E-state index is -8.15. The first-order valence-electron chi connectivity index (χ1n) is 7.42. The van der Waals surface area contributed by atoms with E-state index in [0.29, 0.717) is 4.72 Å². The maximum absolute atomic E-state index is 13.4. The van der Waals surface area contributed by atoms with E-state index < -0.39 is 78.0 Å². The van der Waals surface area contributed by atoms with Gasteiger partial charge >= 0.3 is 58.4 Å². The van der Waals surface area contributed by atoms with Gasteiger partial charge in [0.25, 0.3) is 0 Å². The second kappa shape index (κ2) is 9.26. The third-order valence-electron chi connectivity index (χ3n) is 3.23. The summed E-state index contributed by atoms with van der Waals surface area (Å²) in [6.45, 7) is -4.88. The van der Waals surface area contributed by atoms with Gasteiger partial charge in [0, 0.05) is 0 Å². The average Bonchev–Trinajstić information content (AvgIpc) is 2.57. The number of hydrogen-bond acceptors (Lipinski definition) is 5. The highest BCUT2D eigenvalue weighted by atomic mass is 32.2. The van der Waals surface area contributed by atoms with E-state index in [-0.39, 0.29) is 0 Å². The topological polar surface area (TPSA) is 81.7 Å². The van der Waals surface area contributed by atoms with Crippen LogP contribution in [0.5, 0.6) is 0 Å². The minimum absolute atomic E-state index is 0.409. The Morgan fingerprint density at radius 3 is 1.47 bits per heavy atom. The number of ether oxygens (including phenoxy) is 1. The van der Waals surface area contributed by atoms with Crippen molar-refractivity contribution in [3.05, 3.63) is 0 Å². The summed E-state index contributed by atoms with van der Waals surface area (Å²) in [6.07, 6.45) is -18.5. The molecule has 0 rings (SSSR count). The molecule has 0 aromatic heterocycles. The Kier molecular flexibility index (Phi) is 8.73. The first-order chi connectivity index (χ1) is 14.6. The molecule has 0 saturated heterocycles. The monoisotopic (exact) mass is 569 g/mol. The van der Waals surface area contributed by atoms with Crippen molar-refractivity contribution in [2.24, 2.45) is 0 Å². The molecule has 0 radical (unpaired) electrons. The zero-order valence-corrected chi connectivity index (χ0v) is 15.9. The molecule has 0 aliphatic rings. The van der Waals surface area contributed by atoms with Gasteiger partial charge < -0.3 is 4.74 Å². The lowest BCUT2D eigenvalue weighted by molar-refractivity contribution is -0.440. The summed E-state index contributed by atoms with van der Waals surface area (Å²) in [4.78, 5) is 10.9. The highest BCUT2D eigenvalue weighted by Crippen LogP contribution is 2.60. The third kappa shape index (κ3) is 6.59. The normalized spacial score (nSPS) is 15.3. The van der Waals surface area contributed by atoms with Gasteiger partial charge in [-0.1, -0.05) is 0 Å². The smallest absolute Gasteiger partial charge is 0.449 e. The predicted octanol–water partition coefficient (Wildman–Crippen LogP) is 4.67. The van der Waals surface area contributed by atoms with Crippen LogP contribution in [0.15, 0.2) is 0 Å². The molecular weight excluding hydrogens is 562 g/mol. The van der Waals surface area contributed by atoms with Gasteiger partial charge in [0.1, 0.15) is 0 Å². The fourth-order valence-corrected chi connectivity index (χ4v) is 2.15. The zero-order valence-electron chi connectivity index (χ0n) is 15.1. The van der Waals surface area contributed by atoms with Gasteiger partial charge in [0.2, 0.25) is 0 Å². The molecule has 34 heavy (non-hydrogen) atoms. The van der Waals surface area contributed by atoms with Crippen LogP contribution in [-0.4, -0.2) is 69.7 Å². The lowest BCUT2D eigenvalue weighted by Gasteiger charge is -2.39. The number of amides is 1. The minimum Gasteiger partial charge on any atom is -0.449 e. The van der Waals surface area contributed by atoms with E-state index in [9.17, 15) is 83.5 Å². The molecule has 6 nitrogen and oxygen atoms in total. The van der Waals surface area contributed by atoms with Gasteiger partial charge in [0.05, 0.1) is 13.0 Å². The molecule has 0 aromatic rings. The van der Waals surface area contributed by atoms with Crippen molar-refractivity contribution in [2.75, 3.05) is 13.2 Å². The van der Waals surface area contributed by atoms with E-state index in [1.54, 1.807) is 0 Å². The summed E-state index contributed by atoms with van der Waals surface area (Å²) >= 11 is 0. The van der Waals surface area contributed by atoms with Crippen LogP contribution in [0.1, 0.15) is 6.42 Å².